The topological polar surface area (TPSA) is 65.1 Å². The lowest BCUT2D eigenvalue weighted by molar-refractivity contribution is 0.0581. The second-order valence-corrected chi connectivity index (χ2v) is 14.5. The van der Waals surface area contributed by atoms with Crippen molar-refractivity contribution in [3.63, 3.8) is 0 Å². The molecule has 0 saturated carbocycles. The van der Waals surface area contributed by atoms with Crippen LogP contribution in [0.3, 0.4) is 0 Å². The molecular formula is C47H47NO5. The molecular weight excluding hydrogens is 659 g/mol. The minimum atomic E-state index is -0.682. The highest BCUT2D eigenvalue weighted by atomic mass is 16.5. The van der Waals surface area contributed by atoms with Crippen LogP contribution in [0.2, 0.25) is 0 Å². The van der Waals surface area contributed by atoms with Gasteiger partial charge < -0.3 is 19.1 Å². The summed E-state index contributed by atoms with van der Waals surface area (Å²) in [5.41, 5.74) is 5.77. The van der Waals surface area contributed by atoms with Gasteiger partial charge in [0, 0.05) is 29.4 Å². The van der Waals surface area contributed by atoms with Crippen LogP contribution in [-0.2, 0) is 5.41 Å². The van der Waals surface area contributed by atoms with Crippen molar-refractivity contribution in [3.8, 4) is 28.4 Å². The average Bonchev–Trinajstić information content (AvgIpc) is 3.35. The molecule has 2 heterocycles. The van der Waals surface area contributed by atoms with Gasteiger partial charge in [0.1, 0.15) is 17.2 Å². The van der Waals surface area contributed by atoms with E-state index in [1.54, 1.807) is 42.5 Å². The lowest BCUT2D eigenvalue weighted by Gasteiger charge is -2.45. The maximum Gasteiger partial charge on any atom is 0.343 e. The highest BCUT2D eigenvalue weighted by Gasteiger charge is 2.57. The quantitative estimate of drug-likeness (QED) is 0.0526. The smallest absolute Gasteiger partial charge is 0.343 e. The van der Waals surface area contributed by atoms with Crippen LogP contribution in [-0.4, -0.2) is 31.1 Å². The predicted octanol–water partition coefficient (Wildman–Crippen LogP) is 11.1. The number of esters is 1. The molecule has 2 aliphatic heterocycles. The summed E-state index contributed by atoms with van der Waals surface area (Å²) in [4.78, 5) is 28.7. The highest BCUT2D eigenvalue weighted by molar-refractivity contribution is 6.09. The zero-order valence-electron chi connectivity index (χ0n) is 31.1. The summed E-state index contributed by atoms with van der Waals surface area (Å²) < 4.78 is 18.3. The maximum absolute atomic E-state index is 13.5. The first-order valence-corrected chi connectivity index (χ1v) is 18.8. The van der Waals surface area contributed by atoms with Crippen molar-refractivity contribution in [1.82, 2.24) is 0 Å². The third kappa shape index (κ3) is 7.11. The molecule has 7 rings (SSSR count). The second kappa shape index (κ2) is 15.2. The first-order valence-electron chi connectivity index (χ1n) is 18.8. The number of likely N-dealkylation sites (N-methyl/N-ethyl adjacent to an activating group) is 1. The molecule has 1 spiro atoms. The van der Waals surface area contributed by atoms with E-state index in [9.17, 15) is 9.59 Å². The maximum atomic E-state index is 13.5. The number of benzene rings is 5. The Labute approximate surface area is 313 Å². The molecule has 0 amide bonds. The summed E-state index contributed by atoms with van der Waals surface area (Å²) in [5.74, 6) is 1.37. The van der Waals surface area contributed by atoms with E-state index in [2.05, 4.69) is 63.1 Å². The van der Waals surface area contributed by atoms with Gasteiger partial charge in [-0.2, -0.15) is 0 Å². The lowest BCUT2D eigenvalue weighted by atomic mass is 9.76. The van der Waals surface area contributed by atoms with E-state index in [1.165, 1.54) is 37.7 Å². The zero-order chi connectivity index (χ0) is 37.0. The van der Waals surface area contributed by atoms with Gasteiger partial charge in [0.05, 0.1) is 17.6 Å². The molecule has 0 saturated heterocycles. The number of ether oxygens (including phenoxy) is 3. The minimum absolute atomic E-state index is 0.127. The Morgan fingerprint density at radius 2 is 1.32 bits per heavy atom. The number of hydrogen-bond acceptors (Lipinski definition) is 6. The molecule has 0 aliphatic carbocycles. The van der Waals surface area contributed by atoms with E-state index in [-0.39, 0.29) is 11.2 Å². The van der Waals surface area contributed by atoms with E-state index in [4.69, 9.17) is 14.2 Å². The number of unbranched alkanes of at least 4 members (excludes halogenated alkanes) is 5. The Morgan fingerprint density at radius 1 is 0.698 bits per heavy atom. The number of hydrogen-bond donors (Lipinski definition) is 0. The van der Waals surface area contributed by atoms with Crippen LogP contribution in [0.5, 0.6) is 17.2 Å². The number of carbonyl (C=O) groups excluding carboxylic acids is 2. The summed E-state index contributed by atoms with van der Waals surface area (Å²) in [6.45, 7) is 7.37. The van der Waals surface area contributed by atoms with Gasteiger partial charge in [-0.15, -0.1) is 0 Å². The largest absolute Gasteiger partial charge is 0.494 e. The monoisotopic (exact) mass is 705 g/mol. The molecule has 0 N–H and O–H groups in total. The van der Waals surface area contributed by atoms with Gasteiger partial charge in [-0.3, -0.25) is 4.79 Å². The number of ketones is 1. The van der Waals surface area contributed by atoms with Gasteiger partial charge in [-0.1, -0.05) is 81.5 Å². The Bertz CT molecular complexity index is 2110. The van der Waals surface area contributed by atoms with Crippen molar-refractivity contribution in [2.75, 3.05) is 18.6 Å². The van der Waals surface area contributed by atoms with Gasteiger partial charge in [0.15, 0.2) is 5.78 Å². The molecule has 53 heavy (non-hydrogen) atoms. The summed E-state index contributed by atoms with van der Waals surface area (Å²) in [6.07, 6.45) is 11.6. The van der Waals surface area contributed by atoms with Gasteiger partial charge in [0.2, 0.25) is 5.72 Å². The average molecular weight is 706 g/mol. The van der Waals surface area contributed by atoms with Crippen molar-refractivity contribution in [2.45, 2.75) is 70.4 Å². The SMILES string of the molecule is CCCCCCCCOc1ccc(-c2ccc(C(=O)Oc3ccc(C(=O)c4ccc5c(c4)C=C[C@]4(O5)N(C)c5ccccc5C4(C)C)cc3)cc2)cc1. The molecule has 1 atom stereocenters. The Balaban J connectivity index is 0.938. The lowest BCUT2D eigenvalue weighted by Crippen LogP contribution is -2.58. The third-order valence-corrected chi connectivity index (χ3v) is 10.8. The summed E-state index contributed by atoms with van der Waals surface area (Å²) in [5, 5.41) is 0. The molecule has 5 aromatic carbocycles. The first-order chi connectivity index (χ1) is 25.7. The number of para-hydroxylation sites is 1. The Morgan fingerprint density at radius 3 is 2.04 bits per heavy atom. The van der Waals surface area contributed by atoms with Crippen LogP contribution in [0.25, 0.3) is 17.2 Å². The highest BCUT2D eigenvalue weighted by Crippen LogP contribution is 2.54. The van der Waals surface area contributed by atoms with E-state index in [0.29, 0.717) is 22.4 Å². The fraction of sp³-hybridized carbons (Fsp3) is 0.277. The molecule has 0 radical (unpaired) electrons. The van der Waals surface area contributed by atoms with Crippen LogP contribution in [0.4, 0.5) is 5.69 Å². The van der Waals surface area contributed by atoms with Crippen LogP contribution >= 0.6 is 0 Å². The second-order valence-electron chi connectivity index (χ2n) is 14.5. The van der Waals surface area contributed by atoms with Gasteiger partial charge in [-0.05, 0) is 122 Å². The Hall–Kier alpha value is -5.62. The van der Waals surface area contributed by atoms with E-state index in [1.807, 2.05) is 54.6 Å². The third-order valence-electron chi connectivity index (χ3n) is 10.8. The zero-order valence-corrected chi connectivity index (χ0v) is 31.1. The minimum Gasteiger partial charge on any atom is -0.494 e. The van der Waals surface area contributed by atoms with E-state index >= 15 is 0 Å². The van der Waals surface area contributed by atoms with Crippen LogP contribution < -0.4 is 19.1 Å². The molecule has 0 aromatic heterocycles. The molecule has 6 heteroatoms. The standard InChI is InChI=1S/C47H47NO5/c1-5-6-7-8-9-12-31-51-39-24-19-34(20-25-39)33-15-17-36(18-16-33)45(50)52-40-26-21-35(22-27-40)44(49)38-23-28-43-37(32-38)29-30-47(53-43)46(2,3)41-13-10-11-14-42(41)48(47)4/h10-11,13-30,32H,5-9,12,31H2,1-4H3/t47-/m1/s1. The van der Waals surface area contributed by atoms with Gasteiger partial charge in [-0.25, -0.2) is 4.79 Å². The van der Waals surface area contributed by atoms with Crippen LogP contribution in [0.1, 0.15) is 96.7 Å². The summed E-state index contributed by atoms with van der Waals surface area (Å²) in [7, 11) is 2.06. The van der Waals surface area contributed by atoms with E-state index in [0.717, 1.165) is 46.9 Å². The van der Waals surface area contributed by atoms with Crippen molar-refractivity contribution in [2.24, 2.45) is 0 Å². The molecule has 0 bridgehead atoms. The fourth-order valence-corrected chi connectivity index (χ4v) is 7.54. The molecule has 5 aromatic rings. The van der Waals surface area contributed by atoms with Gasteiger partial charge >= 0.3 is 5.97 Å². The fourth-order valence-electron chi connectivity index (χ4n) is 7.54. The number of fused-ring (bicyclic) bond motifs is 2. The molecule has 0 fully saturated rings. The van der Waals surface area contributed by atoms with Crippen molar-refractivity contribution in [3.05, 3.63) is 149 Å². The summed E-state index contributed by atoms with van der Waals surface area (Å²) in [6, 6.07) is 36.0. The molecule has 2 aliphatic rings. The normalized spacial score (nSPS) is 16.5. The molecule has 6 nitrogen and oxygen atoms in total. The van der Waals surface area contributed by atoms with Crippen molar-refractivity contribution in [1.29, 1.82) is 0 Å². The van der Waals surface area contributed by atoms with Crippen LogP contribution in [0, 0.1) is 0 Å². The number of rotatable bonds is 13. The van der Waals surface area contributed by atoms with Crippen molar-refractivity contribution >= 4 is 23.5 Å². The number of carbonyl (C=O) groups is 2. The number of nitrogens with zero attached hydrogens (tertiary/aromatic N) is 1. The molecule has 0 unspecified atom stereocenters. The Kier molecular flexibility index (Phi) is 10.2. The number of anilines is 1. The summed E-state index contributed by atoms with van der Waals surface area (Å²) >= 11 is 0. The molecule has 270 valence electrons. The van der Waals surface area contributed by atoms with Crippen LogP contribution in [0.15, 0.2) is 121 Å². The van der Waals surface area contributed by atoms with E-state index < -0.39 is 11.7 Å². The first kappa shape index (κ1) is 35.8. The van der Waals surface area contributed by atoms with Crippen molar-refractivity contribution < 1.29 is 23.8 Å². The predicted molar refractivity (Wildman–Crippen MR) is 212 cm³/mol. The van der Waals surface area contributed by atoms with Gasteiger partial charge in [0.25, 0.3) is 0 Å².